The standard InChI is InChI=1S/C19H15F4N5OS2/c1-10(11-2-7-15(20)14(8-11)19(21,22)23)24-18(30)26-13-5-3-12(4-6-13)25-17(29)16-9-31-28-27-16/h2-10H,1H3,(H,25,29)(H2,24,26,30). The zero-order chi connectivity index (χ0) is 22.6. The van der Waals surface area contributed by atoms with Crippen molar-refractivity contribution in [1.82, 2.24) is 14.9 Å². The Kier molecular flexibility index (Phi) is 6.81. The molecule has 3 N–H and O–H groups in total. The predicted molar refractivity (Wildman–Crippen MR) is 113 cm³/mol. The number of nitrogens with one attached hydrogen (secondary N) is 3. The highest BCUT2D eigenvalue weighted by Gasteiger charge is 2.34. The van der Waals surface area contributed by atoms with Gasteiger partial charge in [0.25, 0.3) is 5.91 Å². The zero-order valence-electron chi connectivity index (χ0n) is 15.8. The monoisotopic (exact) mass is 469 g/mol. The summed E-state index contributed by atoms with van der Waals surface area (Å²) >= 11 is 6.26. The summed E-state index contributed by atoms with van der Waals surface area (Å²) in [6.07, 6.45) is -4.79. The number of amides is 1. The van der Waals surface area contributed by atoms with Crippen molar-refractivity contribution < 1.29 is 22.4 Å². The van der Waals surface area contributed by atoms with Gasteiger partial charge in [-0.1, -0.05) is 10.6 Å². The molecule has 0 aliphatic carbocycles. The Morgan fingerprint density at radius 1 is 1.10 bits per heavy atom. The number of thiocarbonyl (C=S) groups is 1. The lowest BCUT2D eigenvalue weighted by Crippen LogP contribution is -2.31. The molecule has 12 heteroatoms. The fraction of sp³-hybridized carbons (Fsp3) is 0.158. The van der Waals surface area contributed by atoms with Crippen LogP contribution in [-0.4, -0.2) is 20.6 Å². The topological polar surface area (TPSA) is 78.9 Å². The van der Waals surface area contributed by atoms with Crippen LogP contribution in [0.15, 0.2) is 47.8 Å². The first kappa shape index (κ1) is 22.6. The summed E-state index contributed by atoms with van der Waals surface area (Å²) in [6, 6.07) is 8.79. The summed E-state index contributed by atoms with van der Waals surface area (Å²) in [4.78, 5) is 12.0. The van der Waals surface area contributed by atoms with Gasteiger partial charge in [-0.3, -0.25) is 4.79 Å². The number of carbonyl (C=O) groups is 1. The summed E-state index contributed by atoms with van der Waals surface area (Å²) in [7, 11) is 0. The van der Waals surface area contributed by atoms with E-state index in [1.165, 1.54) is 11.4 Å². The van der Waals surface area contributed by atoms with E-state index < -0.39 is 29.5 Å². The second kappa shape index (κ2) is 9.35. The molecular formula is C19H15F4N5OS2. The molecule has 2 aromatic carbocycles. The van der Waals surface area contributed by atoms with Crippen LogP contribution in [0.5, 0.6) is 0 Å². The van der Waals surface area contributed by atoms with E-state index in [2.05, 4.69) is 25.5 Å². The molecule has 6 nitrogen and oxygen atoms in total. The van der Waals surface area contributed by atoms with Crippen LogP contribution in [0, 0.1) is 5.82 Å². The third-order valence-electron chi connectivity index (χ3n) is 4.14. The molecule has 1 atom stereocenters. The molecule has 1 amide bonds. The van der Waals surface area contributed by atoms with Crippen molar-refractivity contribution in [3.8, 4) is 0 Å². The second-order valence-electron chi connectivity index (χ2n) is 6.38. The van der Waals surface area contributed by atoms with Gasteiger partial charge in [-0.25, -0.2) is 4.39 Å². The number of aromatic nitrogens is 2. The van der Waals surface area contributed by atoms with Gasteiger partial charge >= 0.3 is 6.18 Å². The minimum atomic E-state index is -4.79. The molecule has 1 heterocycles. The molecule has 1 aromatic heterocycles. The Morgan fingerprint density at radius 3 is 2.32 bits per heavy atom. The Morgan fingerprint density at radius 2 is 1.74 bits per heavy atom. The van der Waals surface area contributed by atoms with Gasteiger partial charge in [0.2, 0.25) is 0 Å². The zero-order valence-corrected chi connectivity index (χ0v) is 17.5. The van der Waals surface area contributed by atoms with Gasteiger partial charge in [-0.15, -0.1) is 5.10 Å². The second-order valence-corrected chi connectivity index (χ2v) is 7.40. The molecule has 0 fully saturated rings. The number of carbonyl (C=O) groups excluding carboxylic acids is 1. The Labute approximate surface area is 183 Å². The number of alkyl halides is 3. The van der Waals surface area contributed by atoms with E-state index in [9.17, 15) is 22.4 Å². The van der Waals surface area contributed by atoms with Gasteiger partial charge < -0.3 is 16.0 Å². The van der Waals surface area contributed by atoms with Crippen LogP contribution in [0.3, 0.4) is 0 Å². The molecule has 0 saturated carbocycles. The van der Waals surface area contributed by atoms with Crippen molar-refractivity contribution in [3.05, 3.63) is 70.5 Å². The third-order valence-corrected chi connectivity index (χ3v) is 4.86. The predicted octanol–water partition coefficient (Wildman–Crippen LogP) is 5.00. The summed E-state index contributed by atoms with van der Waals surface area (Å²) < 4.78 is 55.8. The number of hydrogen-bond donors (Lipinski definition) is 3. The van der Waals surface area contributed by atoms with Crippen molar-refractivity contribution in [3.63, 3.8) is 0 Å². The first-order valence-electron chi connectivity index (χ1n) is 8.76. The van der Waals surface area contributed by atoms with Crippen LogP contribution < -0.4 is 16.0 Å². The summed E-state index contributed by atoms with van der Waals surface area (Å²) in [5.41, 5.74) is 0.229. The molecule has 3 rings (SSSR count). The quantitative estimate of drug-likeness (QED) is 0.361. The first-order valence-corrected chi connectivity index (χ1v) is 10.0. The molecule has 31 heavy (non-hydrogen) atoms. The van der Waals surface area contributed by atoms with Crippen LogP contribution in [0.2, 0.25) is 0 Å². The van der Waals surface area contributed by atoms with E-state index in [-0.39, 0.29) is 16.4 Å². The highest BCUT2D eigenvalue weighted by molar-refractivity contribution is 7.80. The SMILES string of the molecule is CC(NC(=S)Nc1ccc(NC(=O)c2csnn2)cc1)c1ccc(F)c(C(F)(F)F)c1. The minimum Gasteiger partial charge on any atom is -0.356 e. The van der Waals surface area contributed by atoms with Crippen LogP contribution in [-0.2, 0) is 6.18 Å². The lowest BCUT2D eigenvalue weighted by Gasteiger charge is -2.19. The normalized spacial score (nSPS) is 12.2. The fourth-order valence-corrected chi connectivity index (χ4v) is 3.30. The maximum Gasteiger partial charge on any atom is 0.419 e. The van der Waals surface area contributed by atoms with E-state index in [1.807, 2.05) is 0 Å². The first-order chi connectivity index (χ1) is 14.6. The van der Waals surface area contributed by atoms with E-state index in [1.54, 1.807) is 31.2 Å². The van der Waals surface area contributed by atoms with Crippen LogP contribution >= 0.6 is 23.8 Å². The van der Waals surface area contributed by atoms with Gasteiger partial charge in [0.1, 0.15) is 5.82 Å². The van der Waals surface area contributed by atoms with E-state index >= 15 is 0 Å². The van der Waals surface area contributed by atoms with Crippen molar-refractivity contribution in [1.29, 1.82) is 0 Å². The third kappa shape index (κ3) is 5.95. The number of hydrogen-bond acceptors (Lipinski definition) is 5. The van der Waals surface area contributed by atoms with E-state index in [0.29, 0.717) is 11.4 Å². The van der Waals surface area contributed by atoms with Crippen LogP contribution in [0.4, 0.5) is 28.9 Å². The Balaban J connectivity index is 1.58. The molecular weight excluding hydrogens is 454 g/mol. The number of nitrogens with zero attached hydrogens (tertiary/aromatic N) is 2. The van der Waals surface area contributed by atoms with Gasteiger partial charge in [0, 0.05) is 16.8 Å². The largest absolute Gasteiger partial charge is 0.419 e. The van der Waals surface area contributed by atoms with Gasteiger partial charge in [0.15, 0.2) is 10.8 Å². The highest BCUT2D eigenvalue weighted by Crippen LogP contribution is 2.33. The van der Waals surface area contributed by atoms with Gasteiger partial charge in [-0.05, 0) is 72.6 Å². The Bertz CT molecular complexity index is 1070. The van der Waals surface area contributed by atoms with Crippen molar-refractivity contribution in [2.45, 2.75) is 19.1 Å². The molecule has 1 unspecified atom stereocenters. The van der Waals surface area contributed by atoms with Crippen molar-refractivity contribution >= 4 is 46.1 Å². The van der Waals surface area contributed by atoms with Gasteiger partial charge in [-0.2, -0.15) is 13.2 Å². The highest BCUT2D eigenvalue weighted by atomic mass is 32.1. The number of halogens is 4. The molecule has 3 aromatic rings. The van der Waals surface area contributed by atoms with Crippen LogP contribution in [0.25, 0.3) is 0 Å². The molecule has 0 spiro atoms. The average molecular weight is 469 g/mol. The lowest BCUT2D eigenvalue weighted by molar-refractivity contribution is -0.140. The van der Waals surface area contributed by atoms with E-state index in [0.717, 1.165) is 23.7 Å². The number of benzene rings is 2. The minimum absolute atomic E-state index is 0.163. The van der Waals surface area contributed by atoms with Crippen molar-refractivity contribution in [2.75, 3.05) is 10.6 Å². The van der Waals surface area contributed by atoms with Gasteiger partial charge in [0.05, 0.1) is 11.6 Å². The molecule has 0 radical (unpaired) electrons. The fourth-order valence-electron chi connectivity index (χ4n) is 2.57. The molecule has 0 aliphatic heterocycles. The average Bonchev–Trinajstić information content (AvgIpc) is 3.24. The summed E-state index contributed by atoms with van der Waals surface area (Å²) in [6.45, 7) is 1.60. The maximum atomic E-state index is 13.5. The summed E-state index contributed by atoms with van der Waals surface area (Å²) in [5, 5.41) is 13.8. The van der Waals surface area contributed by atoms with Crippen LogP contribution in [0.1, 0.15) is 34.6 Å². The lowest BCUT2D eigenvalue weighted by atomic mass is 10.0. The number of anilines is 2. The molecule has 0 bridgehead atoms. The maximum absolute atomic E-state index is 13.5. The molecule has 0 saturated heterocycles. The smallest absolute Gasteiger partial charge is 0.356 e. The summed E-state index contributed by atoms with van der Waals surface area (Å²) in [5.74, 6) is -1.72. The molecule has 162 valence electrons. The Hall–Kier alpha value is -3.12. The van der Waals surface area contributed by atoms with Crippen molar-refractivity contribution in [2.24, 2.45) is 0 Å². The molecule has 0 aliphatic rings. The van der Waals surface area contributed by atoms with E-state index in [4.69, 9.17) is 12.2 Å². The number of rotatable bonds is 5.